The molecule has 132 valence electrons. The van der Waals surface area contributed by atoms with Crippen LogP contribution in [0.3, 0.4) is 0 Å². The molecule has 0 saturated carbocycles. The van der Waals surface area contributed by atoms with Gasteiger partial charge in [-0.3, -0.25) is 14.5 Å². The van der Waals surface area contributed by atoms with Gasteiger partial charge in [0.1, 0.15) is 5.82 Å². The number of carbonyl (C=O) groups is 2. The SMILES string of the molecule is O=C(CC1C(=O)NCCN1Cc1ccc(F)cc1)NC(CO)CO. The number of hydrogen-bond acceptors (Lipinski definition) is 5. The van der Waals surface area contributed by atoms with Crippen LogP contribution in [0, 0.1) is 5.82 Å². The van der Waals surface area contributed by atoms with Gasteiger partial charge in [0.05, 0.1) is 31.7 Å². The molecule has 24 heavy (non-hydrogen) atoms. The summed E-state index contributed by atoms with van der Waals surface area (Å²) in [5.41, 5.74) is 0.847. The second kappa shape index (κ2) is 8.72. The van der Waals surface area contributed by atoms with Crippen LogP contribution in [-0.4, -0.2) is 65.3 Å². The molecule has 1 aromatic carbocycles. The molecule has 1 unspecified atom stereocenters. The fourth-order valence-corrected chi connectivity index (χ4v) is 2.61. The highest BCUT2D eigenvalue weighted by Gasteiger charge is 2.31. The predicted molar refractivity (Wildman–Crippen MR) is 84.3 cm³/mol. The van der Waals surface area contributed by atoms with Gasteiger partial charge in [-0.05, 0) is 17.7 Å². The van der Waals surface area contributed by atoms with Crippen molar-refractivity contribution in [2.24, 2.45) is 0 Å². The maximum atomic E-state index is 13.0. The first-order valence-electron chi connectivity index (χ1n) is 7.80. The lowest BCUT2D eigenvalue weighted by molar-refractivity contribution is -0.134. The zero-order valence-electron chi connectivity index (χ0n) is 13.2. The van der Waals surface area contributed by atoms with Crippen molar-refractivity contribution in [2.75, 3.05) is 26.3 Å². The number of rotatable bonds is 7. The minimum atomic E-state index is -0.741. The molecule has 1 fully saturated rings. The highest BCUT2D eigenvalue weighted by Crippen LogP contribution is 2.14. The third-order valence-corrected chi connectivity index (χ3v) is 3.93. The van der Waals surface area contributed by atoms with E-state index in [1.807, 2.05) is 4.90 Å². The van der Waals surface area contributed by atoms with E-state index in [1.165, 1.54) is 12.1 Å². The molecule has 4 N–H and O–H groups in total. The summed E-state index contributed by atoms with van der Waals surface area (Å²) in [6, 6.07) is 4.61. The molecule has 0 aliphatic carbocycles. The van der Waals surface area contributed by atoms with Crippen LogP contribution in [0.4, 0.5) is 4.39 Å². The second-order valence-corrected chi connectivity index (χ2v) is 5.74. The molecule has 1 saturated heterocycles. The van der Waals surface area contributed by atoms with Crippen LogP contribution in [0.1, 0.15) is 12.0 Å². The molecule has 0 radical (unpaired) electrons. The molecule has 8 heteroatoms. The highest BCUT2D eigenvalue weighted by atomic mass is 19.1. The zero-order valence-corrected chi connectivity index (χ0v) is 13.2. The van der Waals surface area contributed by atoms with Crippen molar-refractivity contribution < 1.29 is 24.2 Å². The van der Waals surface area contributed by atoms with Gasteiger partial charge in [-0.15, -0.1) is 0 Å². The largest absolute Gasteiger partial charge is 0.394 e. The lowest BCUT2D eigenvalue weighted by atomic mass is 10.1. The molecule has 1 aliphatic rings. The second-order valence-electron chi connectivity index (χ2n) is 5.74. The number of aliphatic hydroxyl groups excluding tert-OH is 2. The number of halogens is 1. The summed E-state index contributed by atoms with van der Waals surface area (Å²) < 4.78 is 13.0. The van der Waals surface area contributed by atoms with Crippen LogP contribution in [0.5, 0.6) is 0 Å². The minimum absolute atomic E-state index is 0.0798. The van der Waals surface area contributed by atoms with E-state index in [0.717, 1.165) is 5.56 Å². The molecule has 2 rings (SSSR count). The van der Waals surface area contributed by atoms with Crippen LogP contribution in [0.15, 0.2) is 24.3 Å². The molecule has 0 aromatic heterocycles. The number of piperazine rings is 1. The molecule has 7 nitrogen and oxygen atoms in total. The van der Waals surface area contributed by atoms with Crippen molar-refractivity contribution in [3.8, 4) is 0 Å². The summed E-state index contributed by atoms with van der Waals surface area (Å²) in [4.78, 5) is 26.0. The van der Waals surface area contributed by atoms with Gasteiger partial charge in [0.2, 0.25) is 11.8 Å². The first-order chi connectivity index (χ1) is 11.5. The van der Waals surface area contributed by atoms with E-state index >= 15 is 0 Å². The maximum absolute atomic E-state index is 13.0. The third-order valence-electron chi connectivity index (χ3n) is 3.93. The standard InChI is InChI=1S/C16H22FN3O4/c17-12-3-1-11(2-4-12)8-20-6-5-18-16(24)14(20)7-15(23)19-13(9-21)10-22/h1-4,13-14,21-22H,5-10H2,(H,18,24)(H,19,23). The van der Waals surface area contributed by atoms with Crippen LogP contribution in [0.25, 0.3) is 0 Å². The monoisotopic (exact) mass is 339 g/mol. The van der Waals surface area contributed by atoms with E-state index in [0.29, 0.717) is 19.6 Å². The van der Waals surface area contributed by atoms with E-state index in [-0.39, 0.29) is 31.4 Å². The Labute approximate surface area is 139 Å². The molecule has 1 aromatic rings. The van der Waals surface area contributed by atoms with E-state index < -0.39 is 18.0 Å². The summed E-state index contributed by atoms with van der Waals surface area (Å²) in [6.07, 6.45) is -0.0798. The van der Waals surface area contributed by atoms with Gasteiger partial charge in [0, 0.05) is 19.6 Å². The van der Waals surface area contributed by atoms with Crippen LogP contribution < -0.4 is 10.6 Å². The Morgan fingerprint density at radius 2 is 2.00 bits per heavy atom. The highest BCUT2D eigenvalue weighted by molar-refractivity contribution is 5.88. The molecular formula is C16H22FN3O4. The molecule has 1 aliphatic heterocycles. The van der Waals surface area contributed by atoms with Gasteiger partial charge < -0.3 is 20.8 Å². The van der Waals surface area contributed by atoms with Gasteiger partial charge in [0.15, 0.2) is 0 Å². The number of amides is 2. The summed E-state index contributed by atoms with van der Waals surface area (Å²) in [6.45, 7) is 0.727. The van der Waals surface area contributed by atoms with Crippen LogP contribution in [-0.2, 0) is 16.1 Å². The normalized spacial score (nSPS) is 18.5. The maximum Gasteiger partial charge on any atom is 0.237 e. The summed E-state index contributed by atoms with van der Waals surface area (Å²) in [5, 5.41) is 23.2. The lowest BCUT2D eigenvalue weighted by Crippen LogP contribution is -2.56. The molecule has 1 heterocycles. The summed E-state index contributed by atoms with van der Waals surface area (Å²) >= 11 is 0. The fourth-order valence-electron chi connectivity index (χ4n) is 2.61. The van der Waals surface area contributed by atoms with Crippen molar-refractivity contribution in [1.82, 2.24) is 15.5 Å². The average Bonchev–Trinajstić information content (AvgIpc) is 2.58. The number of hydrogen-bond donors (Lipinski definition) is 4. The van der Waals surface area contributed by atoms with E-state index in [2.05, 4.69) is 10.6 Å². The molecule has 1 atom stereocenters. The van der Waals surface area contributed by atoms with Gasteiger partial charge in [-0.25, -0.2) is 4.39 Å². The smallest absolute Gasteiger partial charge is 0.237 e. The molecule has 0 spiro atoms. The van der Waals surface area contributed by atoms with Crippen molar-refractivity contribution >= 4 is 11.8 Å². The Morgan fingerprint density at radius 1 is 1.33 bits per heavy atom. The first-order valence-corrected chi connectivity index (χ1v) is 7.80. The van der Waals surface area contributed by atoms with Crippen molar-refractivity contribution in [3.63, 3.8) is 0 Å². The Balaban J connectivity index is 2.01. The number of carbonyl (C=O) groups excluding carboxylic acids is 2. The van der Waals surface area contributed by atoms with Crippen LogP contribution in [0.2, 0.25) is 0 Å². The van der Waals surface area contributed by atoms with Gasteiger partial charge in [0.25, 0.3) is 0 Å². The van der Waals surface area contributed by atoms with Crippen LogP contribution >= 0.6 is 0 Å². The Bertz CT molecular complexity index is 563. The Morgan fingerprint density at radius 3 is 2.62 bits per heavy atom. The number of benzene rings is 1. The van der Waals surface area contributed by atoms with Gasteiger partial charge in [-0.1, -0.05) is 12.1 Å². The Kier molecular flexibility index (Phi) is 6.65. The quantitative estimate of drug-likeness (QED) is 0.510. The van der Waals surface area contributed by atoms with Gasteiger partial charge in [-0.2, -0.15) is 0 Å². The number of nitrogens with one attached hydrogen (secondary N) is 2. The molecule has 2 amide bonds. The molecular weight excluding hydrogens is 317 g/mol. The van der Waals surface area contributed by atoms with Crippen molar-refractivity contribution in [2.45, 2.75) is 25.0 Å². The number of aliphatic hydroxyl groups is 2. The van der Waals surface area contributed by atoms with Crippen molar-refractivity contribution in [3.05, 3.63) is 35.6 Å². The fraction of sp³-hybridized carbons (Fsp3) is 0.500. The predicted octanol–water partition coefficient (Wildman–Crippen LogP) is -1.01. The van der Waals surface area contributed by atoms with E-state index in [9.17, 15) is 14.0 Å². The zero-order chi connectivity index (χ0) is 17.5. The Hall–Kier alpha value is -2.03. The average molecular weight is 339 g/mol. The third kappa shape index (κ3) is 4.98. The van der Waals surface area contributed by atoms with E-state index in [1.54, 1.807) is 12.1 Å². The summed E-state index contributed by atoms with van der Waals surface area (Å²) in [7, 11) is 0. The van der Waals surface area contributed by atoms with Gasteiger partial charge >= 0.3 is 0 Å². The topological polar surface area (TPSA) is 102 Å². The van der Waals surface area contributed by atoms with Crippen molar-refractivity contribution in [1.29, 1.82) is 0 Å². The summed E-state index contributed by atoms with van der Waals surface area (Å²) in [5.74, 6) is -0.998. The number of nitrogens with zero attached hydrogens (tertiary/aromatic N) is 1. The molecule has 0 bridgehead atoms. The minimum Gasteiger partial charge on any atom is -0.394 e. The van der Waals surface area contributed by atoms with E-state index in [4.69, 9.17) is 10.2 Å². The first kappa shape index (κ1) is 18.3. The lowest BCUT2D eigenvalue weighted by Gasteiger charge is -2.35.